The Hall–Kier alpha value is -4.21. The standard InChI is InChI=1S/C30H22F3N3O6S3/c1-2-42-28(40)15-8-10-17(11-9-15)34-20(37)14-35-27-24(45-29(35)41)21(19-7-4-12-43-19)22-23(44-27)26(39)36(25(22)38)18-6-3-5-16(13-18)30(31,32)33/h3-13,21-23H,2,14H2,1H3,(H,34,37)/t21-,22-,23+/m0/s1. The van der Waals surface area contributed by atoms with Crippen molar-refractivity contribution in [1.29, 1.82) is 0 Å². The molecular weight excluding hydrogens is 652 g/mol. The van der Waals surface area contributed by atoms with Gasteiger partial charge in [-0.15, -0.1) is 11.3 Å². The van der Waals surface area contributed by atoms with Gasteiger partial charge in [-0.1, -0.05) is 35.2 Å². The number of alkyl halides is 3. The van der Waals surface area contributed by atoms with Crippen molar-refractivity contribution in [2.75, 3.05) is 16.8 Å². The normalized spacial score (nSPS) is 19.3. The van der Waals surface area contributed by atoms with Gasteiger partial charge in [0.15, 0.2) is 0 Å². The molecule has 4 heterocycles. The minimum absolute atomic E-state index is 0.186. The van der Waals surface area contributed by atoms with E-state index < -0.39 is 63.9 Å². The molecule has 2 aliphatic rings. The number of thiazole rings is 1. The first-order valence-corrected chi connectivity index (χ1v) is 16.1. The van der Waals surface area contributed by atoms with Crippen LogP contribution in [-0.2, 0) is 31.8 Å². The van der Waals surface area contributed by atoms with Gasteiger partial charge in [0.2, 0.25) is 17.7 Å². The first-order chi connectivity index (χ1) is 21.5. The fraction of sp³-hybridized carbons (Fsp3) is 0.233. The summed E-state index contributed by atoms with van der Waals surface area (Å²) in [5.74, 6) is -4.09. The lowest BCUT2D eigenvalue weighted by molar-refractivity contribution is -0.137. The van der Waals surface area contributed by atoms with Gasteiger partial charge in [-0.3, -0.25) is 23.7 Å². The molecule has 2 aromatic heterocycles. The number of aromatic nitrogens is 1. The Kier molecular flexibility index (Phi) is 8.18. The Morgan fingerprint density at radius 1 is 1.00 bits per heavy atom. The zero-order chi connectivity index (χ0) is 32.0. The van der Waals surface area contributed by atoms with E-state index >= 15 is 0 Å². The summed E-state index contributed by atoms with van der Waals surface area (Å²) in [6, 6.07) is 13.6. The number of nitrogens with zero attached hydrogens (tertiary/aromatic N) is 2. The predicted molar refractivity (Wildman–Crippen MR) is 163 cm³/mol. The molecule has 15 heteroatoms. The van der Waals surface area contributed by atoms with Gasteiger partial charge >= 0.3 is 17.0 Å². The molecule has 0 bridgehead atoms. The molecule has 9 nitrogen and oxygen atoms in total. The molecule has 0 radical (unpaired) electrons. The molecule has 232 valence electrons. The van der Waals surface area contributed by atoms with Gasteiger partial charge in [0.05, 0.1) is 34.4 Å². The number of hydrogen-bond donors (Lipinski definition) is 1. The number of carbonyl (C=O) groups is 4. The first-order valence-electron chi connectivity index (χ1n) is 13.5. The van der Waals surface area contributed by atoms with E-state index in [0.29, 0.717) is 26.0 Å². The van der Waals surface area contributed by atoms with Gasteiger partial charge in [-0.25, -0.2) is 9.69 Å². The van der Waals surface area contributed by atoms with Crippen LogP contribution < -0.4 is 15.1 Å². The number of hydrogen-bond acceptors (Lipinski definition) is 9. The van der Waals surface area contributed by atoms with Gasteiger partial charge < -0.3 is 10.1 Å². The summed E-state index contributed by atoms with van der Waals surface area (Å²) in [5, 5.41) is 3.79. The second-order valence-electron chi connectivity index (χ2n) is 10.1. The molecule has 2 aromatic carbocycles. The predicted octanol–water partition coefficient (Wildman–Crippen LogP) is 5.60. The van der Waals surface area contributed by atoms with Gasteiger partial charge in [0, 0.05) is 21.4 Å². The fourth-order valence-corrected chi connectivity index (χ4v) is 9.08. The number of fused-ring (bicyclic) bond motifs is 2. The number of halogens is 3. The highest BCUT2D eigenvalue weighted by Gasteiger charge is 2.57. The average molecular weight is 674 g/mol. The second-order valence-corrected chi connectivity index (χ2v) is 13.2. The van der Waals surface area contributed by atoms with Crippen LogP contribution in [0.3, 0.4) is 0 Å². The number of thiophene rings is 1. The maximum absolute atomic E-state index is 13.8. The van der Waals surface area contributed by atoms with E-state index in [2.05, 4.69) is 5.32 Å². The summed E-state index contributed by atoms with van der Waals surface area (Å²) in [5.41, 5.74) is -0.498. The second kappa shape index (κ2) is 11.9. The highest BCUT2D eigenvalue weighted by molar-refractivity contribution is 8.00. The summed E-state index contributed by atoms with van der Waals surface area (Å²) >= 11 is 3.16. The molecule has 0 spiro atoms. The van der Waals surface area contributed by atoms with Crippen LogP contribution in [-0.4, -0.2) is 40.1 Å². The van der Waals surface area contributed by atoms with Crippen LogP contribution in [0, 0.1) is 5.92 Å². The molecule has 3 amide bonds. The summed E-state index contributed by atoms with van der Waals surface area (Å²) in [4.78, 5) is 67.3. The number of anilines is 2. The SMILES string of the molecule is CCOC(=O)c1ccc(NC(=O)Cn2c3c(sc2=O)[C@@H](c2cccs2)[C@@H]2C(=O)N(c4cccc(C(F)(F)F)c4)C(=O)[C@@H]2S3)cc1. The summed E-state index contributed by atoms with van der Waals surface area (Å²) in [6.45, 7) is 1.50. The Morgan fingerprint density at radius 2 is 1.76 bits per heavy atom. The number of thioether (sulfide) groups is 1. The van der Waals surface area contributed by atoms with E-state index in [0.717, 1.165) is 46.2 Å². The molecule has 4 aromatic rings. The van der Waals surface area contributed by atoms with Crippen molar-refractivity contribution >= 4 is 69.5 Å². The highest BCUT2D eigenvalue weighted by atomic mass is 32.2. The largest absolute Gasteiger partial charge is 0.462 e. The Bertz CT molecular complexity index is 1870. The number of nitrogens with one attached hydrogen (secondary N) is 1. The number of ether oxygens (including phenoxy) is 1. The summed E-state index contributed by atoms with van der Waals surface area (Å²) in [6.07, 6.45) is -4.67. The van der Waals surface area contributed by atoms with Crippen molar-refractivity contribution < 1.29 is 37.1 Å². The van der Waals surface area contributed by atoms with Crippen LogP contribution in [0.2, 0.25) is 0 Å². The molecule has 6 rings (SSSR count). The Balaban J connectivity index is 1.31. The molecule has 0 aliphatic carbocycles. The third kappa shape index (κ3) is 5.71. The molecule has 0 unspecified atom stereocenters. The van der Waals surface area contributed by atoms with Crippen molar-refractivity contribution in [1.82, 2.24) is 4.57 Å². The van der Waals surface area contributed by atoms with Crippen LogP contribution in [0.5, 0.6) is 0 Å². The van der Waals surface area contributed by atoms with Crippen molar-refractivity contribution in [3.63, 3.8) is 0 Å². The zero-order valence-electron chi connectivity index (χ0n) is 23.2. The number of amides is 3. The van der Waals surface area contributed by atoms with Crippen molar-refractivity contribution in [2.24, 2.45) is 5.92 Å². The number of imide groups is 1. The maximum Gasteiger partial charge on any atom is 0.416 e. The molecule has 1 N–H and O–H groups in total. The van der Waals surface area contributed by atoms with Gasteiger partial charge in [-0.2, -0.15) is 13.2 Å². The monoisotopic (exact) mass is 673 g/mol. The molecule has 1 fully saturated rings. The number of carbonyl (C=O) groups excluding carboxylic acids is 4. The molecule has 1 saturated heterocycles. The lowest BCUT2D eigenvalue weighted by atomic mass is 9.87. The number of benzene rings is 2. The first kappa shape index (κ1) is 30.8. The molecule has 0 saturated carbocycles. The summed E-state index contributed by atoms with van der Waals surface area (Å²) in [7, 11) is 0. The van der Waals surface area contributed by atoms with Crippen LogP contribution >= 0.6 is 34.4 Å². The van der Waals surface area contributed by atoms with E-state index in [1.807, 2.05) is 0 Å². The van der Waals surface area contributed by atoms with Gasteiger partial charge in [0.25, 0.3) is 0 Å². The quantitative estimate of drug-likeness (QED) is 0.201. The lowest BCUT2D eigenvalue weighted by Gasteiger charge is -2.29. The van der Waals surface area contributed by atoms with E-state index in [4.69, 9.17) is 4.74 Å². The summed E-state index contributed by atoms with van der Waals surface area (Å²) < 4.78 is 46.6. The smallest absolute Gasteiger partial charge is 0.416 e. The van der Waals surface area contributed by atoms with Crippen LogP contribution in [0.4, 0.5) is 24.5 Å². The van der Waals surface area contributed by atoms with Crippen LogP contribution in [0.25, 0.3) is 0 Å². The average Bonchev–Trinajstić information content (AvgIpc) is 3.70. The highest BCUT2D eigenvalue weighted by Crippen LogP contribution is 2.54. The van der Waals surface area contributed by atoms with Crippen LogP contribution in [0.1, 0.15) is 38.5 Å². The van der Waals surface area contributed by atoms with Gasteiger partial charge in [0.1, 0.15) is 11.8 Å². The van der Waals surface area contributed by atoms with Crippen molar-refractivity contribution in [3.05, 3.63) is 96.6 Å². The third-order valence-electron chi connectivity index (χ3n) is 7.31. The fourth-order valence-electron chi connectivity index (χ4n) is 5.35. The van der Waals surface area contributed by atoms with Crippen molar-refractivity contribution in [3.8, 4) is 0 Å². The topological polar surface area (TPSA) is 115 Å². The van der Waals surface area contributed by atoms with E-state index in [9.17, 15) is 37.1 Å². The number of rotatable bonds is 7. The lowest BCUT2D eigenvalue weighted by Crippen LogP contribution is -2.32. The van der Waals surface area contributed by atoms with E-state index in [-0.39, 0.29) is 12.3 Å². The number of esters is 1. The van der Waals surface area contributed by atoms with Gasteiger partial charge in [-0.05, 0) is 60.8 Å². The Morgan fingerprint density at radius 3 is 2.42 bits per heavy atom. The third-order valence-corrected chi connectivity index (χ3v) is 10.9. The molecular formula is C30H22F3N3O6S3. The zero-order valence-corrected chi connectivity index (χ0v) is 25.6. The molecule has 45 heavy (non-hydrogen) atoms. The van der Waals surface area contributed by atoms with E-state index in [1.165, 1.54) is 46.2 Å². The minimum Gasteiger partial charge on any atom is -0.462 e. The molecule has 3 atom stereocenters. The van der Waals surface area contributed by atoms with Crippen molar-refractivity contribution in [2.45, 2.75) is 35.8 Å². The maximum atomic E-state index is 13.8. The van der Waals surface area contributed by atoms with Crippen LogP contribution in [0.15, 0.2) is 75.9 Å². The van der Waals surface area contributed by atoms with E-state index in [1.54, 1.807) is 24.4 Å². The Labute approximate surface area is 265 Å². The molecule has 2 aliphatic heterocycles. The minimum atomic E-state index is -4.67.